The maximum absolute atomic E-state index is 10.3. The second-order valence-electron chi connectivity index (χ2n) is 2.87. The summed E-state index contributed by atoms with van der Waals surface area (Å²) in [5.41, 5.74) is 7.58. The van der Waals surface area contributed by atoms with Crippen LogP contribution in [0.1, 0.15) is 17.5 Å². The zero-order valence-electron chi connectivity index (χ0n) is 7.77. The summed E-state index contributed by atoms with van der Waals surface area (Å²) in [5, 5.41) is 8.51. The number of carbonyl (C=O) groups is 1. The average molecular weight is 216 g/mol. The van der Waals surface area contributed by atoms with Crippen molar-refractivity contribution in [1.82, 2.24) is 0 Å². The van der Waals surface area contributed by atoms with E-state index in [1.54, 1.807) is 0 Å². The Morgan fingerprint density at radius 3 is 2.36 bits per heavy atom. The first-order valence-electron chi connectivity index (χ1n) is 4.22. The molecule has 1 aromatic carbocycles. The Morgan fingerprint density at radius 2 is 1.86 bits per heavy atom. The van der Waals surface area contributed by atoms with Crippen molar-refractivity contribution in [2.45, 2.75) is 19.4 Å². The van der Waals surface area contributed by atoms with E-state index in [1.165, 1.54) is 0 Å². The molecule has 1 aromatic rings. The normalized spacial score (nSPS) is 9.21. The van der Waals surface area contributed by atoms with Crippen molar-refractivity contribution in [2.24, 2.45) is 5.73 Å². The molecule has 0 aromatic heterocycles. The Balaban J connectivity index is 0.00000169. The molecule has 0 fully saturated rings. The van der Waals surface area contributed by atoms with Crippen LogP contribution in [0.2, 0.25) is 0 Å². The van der Waals surface area contributed by atoms with Gasteiger partial charge in [-0.25, -0.2) is 0 Å². The standard InChI is InChI=1S/C10H13NO2.ClH/c11-7-9-4-2-1-3-8(9)5-6-10(12)13;/h1-4H,5-7,11H2,(H,12,13);1H. The quantitative estimate of drug-likeness (QED) is 0.802. The van der Waals surface area contributed by atoms with Gasteiger partial charge in [-0.2, -0.15) is 0 Å². The highest BCUT2D eigenvalue weighted by Gasteiger charge is 2.02. The van der Waals surface area contributed by atoms with E-state index in [-0.39, 0.29) is 18.8 Å². The largest absolute Gasteiger partial charge is 0.481 e. The zero-order chi connectivity index (χ0) is 9.68. The molecule has 0 aliphatic heterocycles. The van der Waals surface area contributed by atoms with Crippen molar-refractivity contribution in [3.63, 3.8) is 0 Å². The van der Waals surface area contributed by atoms with Gasteiger partial charge in [-0.15, -0.1) is 12.4 Å². The molecule has 0 saturated heterocycles. The van der Waals surface area contributed by atoms with Crippen molar-refractivity contribution in [2.75, 3.05) is 0 Å². The molecular weight excluding hydrogens is 202 g/mol. The maximum atomic E-state index is 10.3. The predicted octanol–water partition coefficient (Wildman–Crippen LogP) is 1.58. The number of aryl methyl sites for hydroxylation is 1. The number of halogens is 1. The molecule has 0 radical (unpaired) electrons. The molecule has 78 valence electrons. The number of carboxylic acids is 1. The average Bonchev–Trinajstić information content (AvgIpc) is 2.15. The van der Waals surface area contributed by atoms with Gasteiger partial charge in [-0.3, -0.25) is 4.79 Å². The summed E-state index contributed by atoms with van der Waals surface area (Å²) < 4.78 is 0. The van der Waals surface area contributed by atoms with Crippen LogP contribution in [0.4, 0.5) is 0 Å². The van der Waals surface area contributed by atoms with Crippen molar-refractivity contribution >= 4 is 18.4 Å². The van der Waals surface area contributed by atoms with Gasteiger partial charge in [0.15, 0.2) is 0 Å². The molecule has 0 heterocycles. The molecular formula is C10H14ClNO2. The number of nitrogens with two attached hydrogens (primary N) is 1. The van der Waals surface area contributed by atoms with Crippen molar-refractivity contribution in [1.29, 1.82) is 0 Å². The molecule has 3 N–H and O–H groups in total. The molecule has 4 heteroatoms. The van der Waals surface area contributed by atoms with Gasteiger partial charge in [-0.1, -0.05) is 24.3 Å². The summed E-state index contributed by atoms with van der Waals surface area (Å²) in [6.07, 6.45) is 0.722. The lowest BCUT2D eigenvalue weighted by Crippen LogP contribution is -2.04. The van der Waals surface area contributed by atoms with E-state index in [9.17, 15) is 4.79 Å². The third-order valence-corrected chi connectivity index (χ3v) is 1.95. The van der Waals surface area contributed by atoms with E-state index in [0.29, 0.717) is 13.0 Å². The smallest absolute Gasteiger partial charge is 0.303 e. The molecule has 0 bridgehead atoms. The molecule has 0 spiro atoms. The molecule has 0 aliphatic rings. The number of benzene rings is 1. The van der Waals surface area contributed by atoms with Crippen molar-refractivity contribution in [3.05, 3.63) is 35.4 Å². The first-order chi connectivity index (χ1) is 6.24. The third kappa shape index (κ3) is 3.77. The second kappa shape index (κ2) is 6.40. The first kappa shape index (κ1) is 12.9. The lowest BCUT2D eigenvalue weighted by atomic mass is 10.0. The number of rotatable bonds is 4. The van der Waals surface area contributed by atoms with Crippen LogP contribution in [0, 0.1) is 0 Å². The maximum Gasteiger partial charge on any atom is 0.303 e. The fourth-order valence-corrected chi connectivity index (χ4v) is 1.24. The summed E-state index contributed by atoms with van der Waals surface area (Å²) in [6.45, 7) is 0.468. The topological polar surface area (TPSA) is 63.3 Å². The fourth-order valence-electron chi connectivity index (χ4n) is 1.24. The lowest BCUT2D eigenvalue weighted by Gasteiger charge is -2.04. The molecule has 0 atom stereocenters. The lowest BCUT2D eigenvalue weighted by molar-refractivity contribution is -0.136. The summed E-state index contributed by atoms with van der Waals surface area (Å²) >= 11 is 0. The number of carboxylic acid groups (broad SMARTS) is 1. The number of hydrogen-bond acceptors (Lipinski definition) is 2. The summed E-state index contributed by atoms with van der Waals surface area (Å²) in [6, 6.07) is 7.66. The SMILES string of the molecule is Cl.NCc1ccccc1CCC(=O)O. The Bertz CT molecular complexity index is 302. The Labute approximate surface area is 89.3 Å². The molecule has 3 nitrogen and oxygen atoms in total. The van der Waals surface area contributed by atoms with E-state index in [2.05, 4.69) is 0 Å². The van der Waals surface area contributed by atoms with Gasteiger partial charge < -0.3 is 10.8 Å². The van der Waals surface area contributed by atoms with Crippen molar-refractivity contribution in [3.8, 4) is 0 Å². The summed E-state index contributed by atoms with van der Waals surface area (Å²) in [7, 11) is 0. The van der Waals surface area contributed by atoms with Crippen LogP contribution in [0.15, 0.2) is 24.3 Å². The third-order valence-electron chi connectivity index (χ3n) is 1.95. The fraction of sp³-hybridized carbons (Fsp3) is 0.300. The van der Waals surface area contributed by atoms with Crippen LogP contribution in [0.5, 0.6) is 0 Å². The van der Waals surface area contributed by atoms with Gasteiger partial charge in [0.25, 0.3) is 0 Å². The minimum Gasteiger partial charge on any atom is -0.481 e. The second-order valence-corrected chi connectivity index (χ2v) is 2.87. The van der Waals surface area contributed by atoms with Crippen LogP contribution >= 0.6 is 12.4 Å². The Hall–Kier alpha value is -1.06. The highest BCUT2D eigenvalue weighted by atomic mass is 35.5. The van der Waals surface area contributed by atoms with Crippen LogP contribution in [-0.2, 0) is 17.8 Å². The molecule has 14 heavy (non-hydrogen) atoms. The first-order valence-corrected chi connectivity index (χ1v) is 4.22. The highest BCUT2D eigenvalue weighted by Crippen LogP contribution is 2.09. The summed E-state index contributed by atoms with van der Waals surface area (Å²) in [4.78, 5) is 10.3. The van der Waals surface area contributed by atoms with Gasteiger partial charge >= 0.3 is 5.97 Å². The van der Waals surface area contributed by atoms with Gasteiger partial charge in [0.05, 0.1) is 0 Å². The Morgan fingerprint density at radius 1 is 1.29 bits per heavy atom. The van der Waals surface area contributed by atoms with E-state index < -0.39 is 5.97 Å². The molecule has 0 unspecified atom stereocenters. The predicted molar refractivity (Wildman–Crippen MR) is 57.5 cm³/mol. The van der Waals surface area contributed by atoms with Crippen LogP contribution in [0.3, 0.4) is 0 Å². The van der Waals surface area contributed by atoms with E-state index in [0.717, 1.165) is 11.1 Å². The minimum atomic E-state index is -0.771. The van der Waals surface area contributed by atoms with E-state index in [4.69, 9.17) is 10.8 Å². The van der Waals surface area contributed by atoms with Crippen LogP contribution in [0.25, 0.3) is 0 Å². The van der Waals surface area contributed by atoms with E-state index in [1.807, 2.05) is 24.3 Å². The molecule has 0 amide bonds. The van der Waals surface area contributed by atoms with Gasteiger partial charge in [0, 0.05) is 13.0 Å². The monoisotopic (exact) mass is 215 g/mol. The van der Waals surface area contributed by atoms with Gasteiger partial charge in [0.1, 0.15) is 0 Å². The van der Waals surface area contributed by atoms with Crippen LogP contribution < -0.4 is 5.73 Å². The van der Waals surface area contributed by atoms with E-state index >= 15 is 0 Å². The van der Waals surface area contributed by atoms with Gasteiger partial charge in [-0.05, 0) is 17.5 Å². The minimum absolute atomic E-state index is 0. The van der Waals surface area contributed by atoms with Crippen LogP contribution in [-0.4, -0.2) is 11.1 Å². The zero-order valence-corrected chi connectivity index (χ0v) is 8.59. The molecule has 0 aliphatic carbocycles. The Kier molecular flexibility index (Phi) is 5.92. The van der Waals surface area contributed by atoms with Gasteiger partial charge in [0.2, 0.25) is 0 Å². The highest BCUT2D eigenvalue weighted by molar-refractivity contribution is 5.85. The number of aliphatic carboxylic acids is 1. The summed E-state index contributed by atoms with van der Waals surface area (Å²) in [5.74, 6) is -0.771. The molecule has 1 rings (SSSR count). The number of hydrogen-bond donors (Lipinski definition) is 2. The molecule has 0 saturated carbocycles. The van der Waals surface area contributed by atoms with Crippen molar-refractivity contribution < 1.29 is 9.90 Å².